The van der Waals surface area contributed by atoms with Crippen LogP contribution in [0.3, 0.4) is 0 Å². The van der Waals surface area contributed by atoms with Gasteiger partial charge in [0.25, 0.3) is 0 Å². The predicted octanol–water partition coefficient (Wildman–Crippen LogP) is 6.13. The highest BCUT2D eigenvalue weighted by Gasteiger charge is 2.43. The molecule has 0 aromatic heterocycles. The van der Waals surface area contributed by atoms with Crippen LogP contribution in [0.1, 0.15) is 57.6 Å². The van der Waals surface area contributed by atoms with Crippen molar-refractivity contribution in [1.82, 2.24) is 5.32 Å². The van der Waals surface area contributed by atoms with Gasteiger partial charge in [0.05, 0.1) is 5.60 Å². The fourth-order valence-corrected chi connectivity index (χ4v) is 4.26. The van der Waals surface area contributed by atoms with Gasteiger partial charge in [-0.2, -0.15) is 0 Å². The molecule has 2 rings (SSSR count). The van der Waals surface area contributed by atoms with Gasteiger partial charge in [-0.05, 0) is 64.1 Å². The molecule has 0 amide bonds. The van der Waals surface area contributed by atoms with Crippen LogP contribution in [0.5, 0.6) is 0 Å². The normalized spacial score (nSPS) is 26.0. The second-order valence-corrected chi connectivity index (χ2v) is 8.43. The fraction of sp³-hybridized carbons (Fsp3) is 0.520. The lowest BCUT2D eigenvalue weighted by Crippen LogP contribution is -2.45. The van der Waals surface area contributed by atoms with Crippen LogP contribution in [-0.4, -0.2) is 18.8 Å². The number of hydrogen-bond donors (Lipinski definition) is 1. The highest BCUT2D eigenvalue weighted by molar-refractivity contribution is 5.33. The number of allylic oxidation sites excluding steroid dienone is 4. The molecule has 148 valence electrons. The van der Waals surface area contributed by atoms with Gasteiger partial charge in [-0.3, -0.25) is 0 Å². The number of hydrogen-bond acceptors (Lipinski definition) is 2. The third-order valence-electron chi connectivity index (χ3n) is 5.92. The summed E-state index contributed by atoms with van der Waals surface area (Å²) in [4.78, 5) is 0. The largest absolute Gasteiger partial charge is 0.375 e. The Hall–Kier alpha value is -1.64. The van der Waals surface area contributed by atoms with Crippen molar-refractivity contribution >= 4 is 0 Å². The number of rotatable bonds is 9. The molecule has 1 heterocycles. The first kappa shape index (κ1) is 21.7. The zero-order valence-corrected chi connectivity index (χ0v) is 17.7. The Balaban J connectivity index is 2.12. The standard InChI is InChI=1S/C25H37NO/c1-7-23(16-20(3)4)25(13-15-27-24(6,8-2)19-25)12-14-26-18-22-11-9-10-21(5)17-22/h7,9-11,16-17,26H,1,3,8,12-15,18-19H2,2,4-6H3/b23-16+/t24?,25-/m1/s1. The predicted molar refractivity (Wildman–Crippen MR) is 117 cm³/mol. The quantitative estimate of drug-likeness (QED) is 0.419. The molecule has 27 heavy (non-hydrogen) atoms. The maximum Gasteiger partial charge on any atom is 0.0660 e. The van der Waals surface area contributed by atoms with Crippen LogP contribution >= 0.6 is 0 Å². The maximum absolute atomic E-state index is 6.15. The van der Waals surface area contributed by atoms with Gasteiger partial charge in [0.1, 0.15) is 0 Å². The van der Waals surface area contributed by atoms with Gasteiger partial charge in [0.15, 0.2) is 0 Å². The van der Waals surface area contributed by atoms with E-state index in [1.165, 1.54) is 16.7 Å². The molecule has 0 aliphatic carbocycles. The average Bonchev–Trinajstić information content (AvgIpc) is 2.63. The Bertz CT molecular complexity index is 689. The minimum atomic E-state index is -0.0635. The van der Waals surface area contributed by atoms with E-state index in [0.717, 1.165) is 51.0 Å². The molecule has 2 heteroatoms. The summed E-state index contributed by atoms with van der Waals surface area (Å²) in [5, 5.41) is 3.65. The van der Waals surface area contributed by atoms with Gasteiger partial charge in [-0.1, -0.05) is 67.6 Å². The van der Waals surface area contributed by atoms with E-state index < -0.39 is 0 Å². The maximum atomic E-state index is 6.15. The van der Waals surface area contributed by atoms with E-state index in [1.54, 1.807) is 0 Å². The van der Waals surface area contributed by atoms with Gasteiger partial charge in [0, 0.05) is 18.6 Å². The smallest absolute Gasteiger partial charge is 0.0660 e. The molecular formula is C25H37NO. The molecule has 0 spiro atoms. The third-order valence-corrected chi connectivity index (χ3v) is 5.92. The molecular weight excluding hydrogens is 330 g/mol. The molecule has 1 aliphatic rings. The Morgan fingerprint density at radius 1 is 1.37 bits per heavy atom. The highest BCUT2D eigenvalue weighted by atomic mass is 16.5. The monoisotopic (exact) mass is 367 g/mol. The Morgan fingerprint density at radius 3 is 2.78 bits per heavy atom. The molecule has 1 aromatic rings. The summed E-state index contributed by atoms with van der Waals surface area (Å²) in [6, 6.07) is 8.71. The van der Waals surface area contributed by atoms with Gasteiger partial charge in [-0.25, -0.2) is 0 Å². The van der Waals surface area contributed by atoms with E-state index in [4.69, 9.17) is 4.74 Å². The van der Waals surface area contributed by atoms with E-state index in [0.29, 0.717) is 0 Å². The minimum absolute atomic E-state index is 0.0635. The van der Waals surface area contributed by atoms with Crippen LogP contribution < -0.4 is 5.32 Å². The first-order chi connectivity index (χ1) is 12.8. The lowest BCUT2D eigenvalue weighted by atomic mass is 9.65. The summed E-state index contributed by atoms with van der Waals surface area (Å²) < 4.78 is 6.15. The first-order valence-corrected chi connectivity index (χ1v) is 10.2. The zero-order chi connectivity index (χ0) is 19.9. The van der Waals surface area contributed by atoms with Gasteiger partial charge in [0.2, 0.25) is 0 Å². The molecule has 1 aromatic carbocycles. The number of nitrogens with one attached hydrogen (secondary N) is 1. The van der Waals surface area contributed by atoms with E-state index in [1.807, 2.05) is 6.08 Å². The molecule has 0 saturated carbocycles. The van der Waals surface area contributed by atoms with E-state index in [9.17, 15) is 0 Å². The van der Waals surface area contributed by atoms with Gasteiger partial charge >= 0.3 is 0 Å². The van der Waals surface area contributed by atoms with Crippen molar-refractivity contribution in [3.8, 4) is 0 Å². The Morgan fingerprint density at radius 2 is 2.15 bits per heavy atom. The third kappa shape index (κ3) is 5.92. The van der Waals surface area contributed by atoms with Crippen LogP contribution in [0, 0.1) is 12.3 Å². The molecule has 1 saturated heterocycles. The second-order valence-electron chi connectivity index (χ2n) is 8.43. The lowest BCUT2D eigenvalue weighted by molar-refractivity contribution is -0.109. The lowest BCUT2D eigenvalue weighted by Gasteiger charge is -2.47. The van der Waals surface area contributed by atoms with Crippen LogP contribution in [0.2, 0.25) is 0 Å². The van der Waals surface area contributed by atoms with Crippen molar-refractivity contribution < 1.29 is 4.74 Å². The number of aryl methyl sites for hydroxylation is 1. The molecule has 1 N–H and O–H groups in total. The van der Waals surface area contributed by atoms with Crippen LogP contribution in [-0.2, 0) is 11.3 Å². The van der Waals surface area contributed by atoms with Crippen LogP contribution in [0.25, 0.3) is 0 Å². The molecule has 0 radical (unpaired) electrons. The molecule has 1 aliphatic heterocycles. The van der Waals surface area contributed by atoms with Crippen LogP contribution in [0.4, 0.5) is 0 Å². The zero-order valence-electron chi connectivity index (χ0n) is 17.7. The summed E-state index contributed by atoms with van der Waals surface area (Å²) in [5.74, 6) is 0. The van der Waals surface area contributed by atoms with Gasteiger partial charge < -0.3 is 10.1 Å². The van der Waals surface area contributed by atoms with Crippen molar-refractivity contribution in [2.75, 3.05) is 13.2 Å². The topological polar surface area (TPSA) is 21.3 Å². The number of benzene rings is 1. The molecule has 0 bridgehead atoms. The molecule has 2 atom stereocenters. The second kappa shape index (κ2) is 9.52. The Labute approximate surface area is 166 Å². The van der Waals surface area contributed by atoms with Gasteiger partial charge in [-0.15, -0.1) is 0 Å². The SMILES string of the molecule is C=C/C(=C\C(=C)C)[C@]1(CCNCc2cccc(C)c2)CCOC(C)(CC)C1. The van der Waals surface area contributed by atoms with E-state index >= 15 is 0 Å². The van der Waals surface area contributed by atoms with Crippen molar-refractivity contribution in [2.45, 2.75) is 65.5 Å². The van der Waals surface area contributed by atoms with Crippen LogP contribution in [0.15, 0.2) is 60.7 Å². The van der Waals surface area contributed by atoms with Crippen molar-refractivity contribution in [1.29, 1.82) is 0 Å². The van der Waals surface area contributed by atoms with Crippen molar-refractivity contribution in [3.05, 3.63) is 71.8 Å². The fourth-order valence-electron chi connectivity index (χ4n) is 4.26. The van der Waals surface area contributed by atoms with E-state index in [2.05, 4.69) is 76.5 Å². The summed E-state index contributed by atoms with van der Waals surface area (Å²) in [6.07, 6.45) is 8.45. The Kier molecular flexibility index (Phi) is 7.64. The average molecular weight is 368 g/mol. The molecule has 1 fully saturated rings. The van der Waals surface area contributed by atoms with E-state index in [-0.39, 0.29) is 11.0 Å². The minimum Gasteiger partial charge on any atom is -0.375 e. The summed E-state index contributed by atoms with van der Waals surface area (Å²) in [5.41, 5.74) is 5.09. The summed E-state index contributed by atoms with van der Waals surface area (Å²) in [7, 11) is 0. The highest BCUT2D eigenvalue weighted by Crippen LogP contribution is 2.48. The molecule has 2 nitrogen and oxygen atoms in total. The number of ether oxygens (including phenoxy) is 1. The van der Waals surface area contributed by atoms with Crippen molar-refractivity contribution in [2.24, 2.45) is 5.41 Å². The summed E-state index contributed by atoms with van der Waals surface area (Å²) in [6.45, 7) is 19.6. The first-order valence-electron chi connectivity index (χ1n) is 10.2. The molecule has 1 unspecified atom stereocenters. The summed E-state index contributed by atoms with van der Waals surface area (Å²) >= 11 is 0. The van der Waals surface area contributed by atoms with Crippen molar-refractivity contribution in [3.63, 3.8) is 0 Å².